The van der Waals surface area contributed by atoms with Crippen LogP contribution in [0.5, 0.6) is 0 Å². The highest BCUT2D eigenvalue weighted by atomic mass is 16.5. The molecule has 3 heteroatoms. The zero-order chi connectivity index (χ0) is 13.6. The van der Waals surface area contributed by atoms with Gasteiger partial charge >= 0.3 is 0 Å². The van der Waals surface area contributed by atoms with Crippen LogP contribution in [-0.2, 0) is 17.6 Å². The van der Waals surface area contributed by atoms with Gasteiger partial charge in [0.05, 0.1) is 12.7 Å². The van der Waals surface area contributed by atoms with E-state index in [9.17, 15) is 0 Å². The standard InChI is InChI=1S/C17H26N2O/c1-2-4-16-8-12-19(11-7-15(16)3-1)13-14-20-17-5-9-18-10-6-17/h1-4,17-18H,5-14H2. The van der Waals surface area contributed by atoms with Gasteiger partial charge in [-0.1, -0.05) is 24.3 Å². The summed E-state index contributed by atoms with van der Waals surface area (Å²) >= 11 is 0. The van der Waals surface area contributed by atoms with Gasteiger partial charge in [-0.3, -0.25) is 0 Å². The van der Waals surface area contributed by atoms with Gasteiger partial charge in [0.1, 0.15) is 0 Å². The van der Waals surface area contributed by atoms with Crippen molar-refractivity contribution in [3.05, 3.63) is 35.4 Å². The highest BCUT2D eigenvalue weighted by Gasteiger charge is 2.15. The Balaban J connectivity index is 1.41. The van der Waals surface area contributed by atoms with Crippen molar-refractivity contribution in [1.82, 2.24) is 10.2 Å². The molecule has 1 aromatic carbocycles. The molecule has 2 heterocycles. The molecule has 1 aromatic rings. The molecule has 0 saturated carbocycles. The Hall–Kier alpha value is -0.900. The Bertz CT molecular complexity index is 388. The van der Waals surface area contributed by atoms with Crippen molar-refractivity contribution in [2.75, 3.05) is 39.3 Å². The van der Waals surface area contributed by atoms with Gasteiger partial charge in [0.15, 0.2) is 0 Å². The van der Waals surface area contributed by atoms with E-state index < -0.39 is 0 Å². The molecule has 0 aromatic heterocycles. The number of piperidine rings is 1. The van der Waals surface area contributed by atoms with E-state index in [-0.39, 0.29) is 0 Å². The molecule has 2 aliphatic heterocycles. The van der Waals surface area contributed by atoms with E-state index in [2.05, 4.69) is 34.5 Å². The van der Waals surface area contributed by atoms with Crippen LogP contribution in [0.2, 0.25) is 0 Å². The summed E-state index contributed by atoms with van der Waals surface area (Å²) in [5.74, 6) is 0. The van der Waals surface area contributed by atoms with Crippen molar-refractivity contribution in [3.63, 3.8) is 0 Å². The van der Waals surface area contributed by atoms with E-state index in [0.717, 1.165) is 26.2 Å². The second-order valence-electron chi connectivity index (χ2n) is 5.93. The second-order valence-corrected chi connectivity index (χ2v) is 5.93. The summed E-state index contributed by atoms with van der Waals surface area (Å²) in [6, 6.07) is 8.89. The topological polar surface area (TPSA) is 24.5 Å². The summed E-state index contributed by atoms with van der Waals surface area (Å²) in [6.07, 6.45) is 5.20. The molecule has 3 nitrogen and oxygen atoms in total. The molecule has 0 aliphatic carbocycles. The van der Waals surface area contributed by atoms with Crippen molar-refractivity contribution < 1.29 is 4.74 Å². The van der Waals surface area contributed by atoms with Crippen LogP contribution in [0, 0.1) is 0 Å². The van der Waals surface area contributed by atoms with Crippen LogP contribution in [0.4, 0.5) is 0 Å². The molecule has 1 fully saturated rings. The first-order valence-electron chi connectivity index (χ1n) is 8.03. The number of nitrogens with zero attached hydrogens (tertiary/aromatic N) is 1. The third-order valence-electron chi connectivity index (χ3n) is 4.56. The van der Waals surface area contributed by atoms with E-state index in [4.69, 9.17) is 4.74 Å². The number of rotatable bonds is 4. The molecule has 110 valence electrons. The molecular weight excluding hydrogens is 248 g/mol. The highest BCUT2D eigenvalue weighted by Crippen LogP contribution is 2.15. The molecule has 0 atom stereocenters. The maximum absolute atomic E-state index is 6.02. The first-order chi connectivity index (χ1) is 9.92. The highest BCUT2D eigenvalue weighted by molar-refractivity contribution is 5.28. The quantitative estimate of drug-likeness (QED) is 0.907. The third kappa shape index (κ3) is 3.81. The van der Waals surface area contributed by atoms with Crippen molar-refractivity contribution in [3.8, 4) is 0 Å². The lowest BCUT2D eigenvalue weighted by Crippen LogP contribution is -2.35. The van der Waals surface area contributed by atoms with Gasteiger partial charge in [-0.15, -0.1) is 0 Å². The number of hydrogen-bond donors (Lipinski definition) is 1. The first-order valence-corrected chi connectivity index (χ1v) is 8.03. The largest absolute Gasteiger partial charge is 0.377 e. The number of benzene rings is 1. The maximum Gasteiger partial charge on any atom is 0.0600 e. The van der Waals surface area contributed by atoms with Gasteiger partial charge < -0.3 is 15.0 Å². The molecule has 0 amide bonds. The lowest BCUT2D eigenvalue weighted by molar-refractivity contribution is 0.0206. The molecule has 0 radical (unpaired) electrons. The minimum atomic E-state index is 0.487. The minimum Gasteiger partial charge on any atom is -0.377 e. The van der Waals surface area contributed by atoms with Crippen LogP contribution < -0.4 is 5.32 Å². The average molecular weight is 274 g/mol. The van der Waals surface area contributed by atoms with E-state index in [1.165, 1.54) is 49.9 Å². The first kappa shape index (κ1) is 14.1. The van der Waals surface area contributed by atoms with E-state index in [0.29, 0.717) is 6.10 Å². The monoisotopic (exact) mass is 274 g/mol. The predicted molar refractivity (Wildman–Crippen MR) is 82.1 cm³/mol. The zero-order valence-corrected chi connectivity index (χ0v) is 12.3. The second kappa shape index (κ2) is 7.21. The van der Waals surface area contributed by atoms with E-state index in [1.807, 2.05) is 0 Å². The maximum atomic E-state index is 6.02. The summed E-state index contributed by atoms with van der Waals surface area (Å²) in [6.45, 7) is 6.55. The summed E-state index contributed by atoms with van der Waals surface area (Å²) in [5.41, 5.74) is 3.07. The predicted octanol–water partition coefficient (Wildman–Crippen LogP) is 1.86. The molecule has 20 heavy (non-hydrogen) atoms. The zero-order valence-electron chi connectivity index (χ0n) is 12.3. The van der Waals surface area contributed by atoms with Crippen LogP contribution in [0.3, 0.4) is 0 Å². The Morgan fingerprint density at radius 3 is 2.35 bits per heavy atom. The summed E-state index contributed by atoms with van der Waals surface area (Å²) in [5, 5.41) is 3.38. The Labute approximate surface area is 122 Å². The summed E-state index contributed by atoms with van der Waals surface area (Å²) in [7, 11) is 0. The Morgan fingerprint density at radius 1 is 1.05 bits per heavy atom. The van der Waals surface area contributed by atoms with Crippen LogP contribution >= 0.6 is 0 Å². The molecule has 0 spiro atoms. The van der Waals surface area contributed by atoms with Crippen LogP contribution in [0.15, 0.2) is 24.3 Å². The van der Waals surface area contributed by atoms with Gasteiger partial charge in [0.2, 0.25) is 0 Å². The van der Waals surface area contributed by atoms with E-state index >= 15 is 0 Å². The smallest absolute Gasteiger partial charge is 0.0600 e. The molecule has 0 unspecified atom stereocenters. The fourth-order valence-corrected chi connectivity index (χ4v) is 3.25. The fourth-order valence-electron chi connectivity index (χ4n) is 3.25. The molecule has 1 saturated heterocycles. The summed E-state index contributed by atoms with van der Waals surface area (Å²) < 4.78 is 6.02. The van der Waals surface area contributed by atoms with E-state index in [1.54, 1.807) is 0 Å². The normalized spacial score (nSPS) is 21.4. The van der Waals surface area contributed by atoms with Gasteiger partial charge in [-0.2, -0.15) is 0 Å². The lowest BCUT2D eigenvalue weighted by atomic mass is 10.0. The SMILES string of the molecule is c1ccc2c(c1)CCN(CCOC1CCNCC1)CC2. The van der Waals surface area contributed by atoms with Crippen LogP contribution in [-0.4, -0.2) is 50.3 Å². The Kier molecular flexibility index (Phi) is 5.06. The van der Waals surface area contributed by atoms with Gasteiger partial charge in [0, 0.05) is 19.6 Å². The Morgan fingerprint density at radius 2 is 1.70 bits per heavy atom. The minimum absolute atomic E-state index is 0.487. The fraction of sp³-hybridized carbons (Fsp3) is 0.647. The molecule has 1 N–H and O–H groups in total. The van der Waals surface area contributed by atoms with Crippen molar-refractivity contribution in [2.24, 2.45) is 0 Å². The molecule has 0 bridgehead atoms. The van der Waals surface area contributed by atoms with Crippen molar-refractivity contribution in [2.45, 2.75) is 31.8 Å². The number of nitrogens with one attached hydrogen (secondary N) is 1. The number of ether oxygens (including phenoxy) is 1. The van der Waals surface area contributed by atoms with Gasteiger partial charge in [-0.25, -0.2) is 0 Å². The summed E-state index contributed by atoms with van der Waals surface area (Å²) in [4.78, 5) is 2.56. The average Bonchev–Trinajstić information content (AvgIpc) is 2.71. The van der Waals surface area contributed by atoms with Crippen LogP contribution in [0.1, 0.15) is 24.0 Å². The van der Waals surface area contributed by atoms with Crippen molar-refractivity contribution >= 4 is 0 Å². The third-order valence-corrected chi connectivity index (χ3v) is 4.56. The van der Waals surface area contributed by atoms with Crippen molar-refractivity contribution in [1.29, 1.82) is 0 Å². The van der Waals surface area contributed by atoms with Crippen LogP contribution in [0.25, 0.3) is 0 Å². The number of fused-ring (bicyclic) bond motifs is 1. The van der Waals surface area contributed by atoms with Gasteiger partial charge in [0.25, 0.3) is 0 Å². The molecular formula is C17H26N2O. The lowest BCUT2D eigenvalue weighted by Gasteiger charge is -2.25. The molecule has 2 aliphatic rings. The van der Waals surface area contributed by atoms with Gasteiger partial charge in [-0.05, 0) is 49.9 Å². The molecule has 3 rings (SSSR count). The number of hydrogen-bond acceptors (Lipinski definition) is 3.